The molecule has 0 saturated heterocycles. The second-order valence-corrected chi connectivity index (χ2v) is 6.91. The molecule has 2 aromatic rings. The van der Waals surface area contributed by atoms with Crippen molar-refractivity contribution in [2.45, 2.75) is 32.4 Å². The average molecular weight is 427 g/mol. The zero-order valence-corrected chi connectivity index (χ0v) is 17.9. The third-order valence-electron chi connectivity index (χ3n) is 4.22. The van der Waals surface area contributed by atoms with Gasteiger partial charge in [-0.05, 0) is 49.6 Å². The van der Waals surface area contributed by atoms with E-state index < -0.39 is 12.1 Å². The second-order valence-electron chi connectivity index (χ2n) is 6.91. The molecule has 0 aliphatic rings. The molecule has 7 heteroatoms. The number of carboxylic acids is 1. The smallest absolute Gasteiger partial charge is 0.337 e. The molecule has 2 aromatic carbocycles. The van der Waals surface area contributed by atoms with E-state index in [2.05, 4.69) is 17.0 Å². The van der Waals surface area contributed by atoms with E-state index in [0.29, 0.717) is 12.1 Å². The van der Waals surface area contributed by atoms with Crippen molar-refractivity contribution in [2.75, 3.05) is 13.7 Å². The van der Waals surface area contributed by atoms with Gasteiger partial charge in [-0.1, -0.05) is 42.5 Å². The lowest BCUT2D eigenvalue weighted by atomic mass is 10.0. The Balaban J connectivity index is 0.000000512. The highest BCUT2D eigenvalue weighted by atomic mass is 16.5. The number of ether oxygens (including phenoxy) is 1. The number of benzene rings is 2. The Morgan fingerprint density at radius 3 is 2.13 bits per heavy atom. The molecule has 0 heterocycles. The van der Waals surface area contributed by atoms with Gasteiger partial charge in [-0.15, -0.1) is 0 Å². The molecule has 0 fully saturated rings. The van der Waals surface area contributed by atoms with Crippen LogP contribution in [0.5, 0.6) is 0 Å². The van der Waals surface area contributed by atoms with Crippen LogP contribution < -0.4 is 5.32 Å². The Morgan fingerprint density at radius 1 is 1.03 bits per heavy atom. The number of carbonyl (C=O) groups is 3. The molecule has 0 aliphatic carbocycles. The lowest BCUT2D eigenvalue weighted by Gasteiger charge is -2.17. The minimum Gasteiger partial charge on any atom is -0.478 e. The molecule has 0 radical (unpaired) electrons. The normalized spacial score (nSPS) is 12.4. The number of aliphatic hydroxyl groups excluding tert-OH is 1. The lowest BCUT2D eigenvalue weighted by Crippen LogP contribution is -2.32. The van der Waals surface area contributed by atoms with Gasteiger partial charge in [-0.3, -0.25) is 4.79 Å². The number of rotatable bonds is 9. The fourth-order valence-electron chi connectivity index (χ4n) is 2.61. The van der Waals surface area contributed by atoms with Crippen LogP contribution in [0.4, 0.5) is 0 Å². The number of aliphatic carboxylic acids is 1. The van der Waals surface area contributed by atoms with E-state index in [9.17, 15) is 19.5 Å². The molecule has 7 nitrogen and oxygen atoms in total. The van der Waals surface area contributed by atoms with Crippen LogP contribution in [-0.4, -0.2) is 47.6 Å². The number of ketones is 1. The first kappa shape index (κ1) is 25.7. The van der Waals surface area contributed by atoms with Crippen molar-refractivity contribution >= 4 is 17.7 Å². The molecular formula is C24H29NO6. The maximum atomic E-state index is 11.4. The number of carbonyl (C=O) groups excluding carboxylic acids is 2. The number of hydrogen-bond acceptors (Lipinski definition) is 6. The summed E-state index contributed by atoms with van der Waals surface area (Å²) < 4.78 is 4.69. The maximum Gasteiger partial charge on any atom is 0.337 e. The Hall–Kier alpha value is -3.29. The van der Waals surface area contributed by atoms with E-state index in [1.165, 1.54) is 14.0 Å². The average Bonchev–Trinajstić information content (AvgIpc) is 2.77. The molecule has 0 aromatic heterocycles. The zero-order valence-electron chi connectivity index (χ0n) is 17.9. The van der Waals surface area contributed by atoms with Gasteiger partial charge in [0.2, 0.25) is 0 Å². The first-order valence-corrected chi connectivity index (χ1v) is 9.78. The molecule has 0 unspecified atom stereocenters. The van der Waals surface area contributed by atoms with E-state index in [-0.39, 0.29) is 17.8 Å². The standard InChI is InChI=1S/C19H23NO3.C5H6O3/c1-14(20-13-18(21)16-6-4-3-5-7-16)12-15-8-10-17(11-9-15)19(22)23-2;1-4(6)2-3-5(7)8/h3-11,14,18,20-21H,12-13H2,1-2H3;2-3H,1H3,(H,7,8)/b;3-2+/t14-,18+;/m0./s1. The first-order valence-electron chi connectivity index (χ1n) is 9.78. The summed E-state index contributed by atoms with van der Waals surface area (Å²) >= 11 is 0. The predicted octanol–water partition coefficient (Wildman–Crippen LogP) is 2.94. The summed E-state index contributed by atoms with van der Waals surface area (Å²) in [5.74, 6) is -1.68. The van der Waals surface area contributed by atoms with Gasteiger partial charge in [0, 0.05) is 18.7 Å². The van der Waals surface area contributed by atoms with Gasteiger partial charge in [-0.25, -0.2) is 9.59 Å². The van der Waals surface area contributed by atoms with Gasteiger partial charge in [0.1, 0.15) is 0 Å². The predicted molar refractivity (Wildman–Crippen MR) is 118 cm³/mol. The van der Waals surface area contributed by atoms with Gasteiger partial charge in [-0.2, -0.15) is 0 Å². The second kappa shape index (κ2) is 13.8. The van der Waals surface area contributed by atoms with Crippen molar-refractivity contribution in [3.05, 3.63) is 83.4 Å². The van der Waals surface area contributed by atoms with Gasteiger partial charge < -0.3 is 20.3 Å². The third kappa shape index (κ3) is 10.9. The highest BCUT2D eigenvalue weighted by molar-refractivity contribution is 5.93. The van der Waals surface area contributed by atoms with E-state index in [4.69, 9.17) is 5.11 Å². The number of carboxylic acid groups (broad SMARTS) is 1. The van der Waals surface area contributed by atoms with Crippen LogP contribution in [0, 0.1) is 0 Å². The minimum absolute atomic E-state index is 0.220. The molecule has 31 heavy (non-hydrogen) atoms. The third-order valence-corrected chi connectivity index (χ3v) is 4.22. The molecule has 166 valence electrons. The molecule has 3 N–H and O–H groups in total. The van der Waals surface area contributed by atoms with Crippen molar-refractivity contribution < 1.29 is 29.3 Å². The van der Waals surface area contributed by atoms with Gasteiger partial charge in [0.25, 0.3) is 0 Å². The number of allylic oxidation sites excluding steroid dienone is 1. The van der Waals surface area contributed by atoms with Crippen molar-refractivity contribution in [1.82, 2.24) is 5.32 Å². The van der Waals surface area contributed by atoms with Gasteiger partial charge >= 0.3 is 11.9 Å². The van der Waals surface area contributed by atoms with Crippen molar-refractivity contribution in [3.63, 3.8) is 0 Å². The van der Waals surface area contributed by atoms with Crippen LogP contribution in [-0.2, 0) is 20.7 Å². The summed E-state index contributed by atoms with van der Waals surface area (Å²) in [5, 5.41) is 21.4. The highest BCUT2D eigenvalue weighted by Crippen LogP contribution is 2.12. The molecular weight excluding hydrogens is 398 g/mol. The topological polar surface area (TPSA) is 113 Å². The van der Waals surface area contributed by atoms with E-state index in [1.54, 1.807) is 12.1 Å². The molecule has 2 atom stereocenters. The summed E-state index contributed by atoms with van der Waals surface area (Å²) in [4.78, 5) is 31.1. The van der Waals surface area contributed by atoms with Gasteiger partial charge in [0.15, 0.2) is 5.78 Å². The summed E-state index contributed by atoms with van der Waals surface area (Å²) in [6, 6.07) is 17.2. The highest BCUT2D eigenvalue weighted by Gasteiger charge is 2.10. The largest absolute Gasteiger partial charge is 0.478 e. The van der Waals surface area contributed by atoms with E-state index in [1.807, 2.05) is 42.5 Å². The molecule has 0 saturated carbocycles. The van der Waals surface area contributed by atoms with Crippen molar-refractivity contribution in [2.24, 2.45) is 0 Å². The number of aliphatic hydroxyl groups is 1. The zero-order chi connectivity index (χ0) is 23.2. The van der Waals surface area contributed by atoms with E-state index in [0.717, 1.165) is 29.7 Å². The number of nitrogens with one attached hydrogen (secondary N) is 1. The van der Waals surface area contributed by atoms with Crippen LogP contribution in [0.25, 0.3) is 0 Å². The molecule has 0 bridgehead atoms. The Morgan fingerprint density at radius 2 is 1.65 bits per heavy atom. The minimum atomic E-state index is -1.10. The maximum absolute atomic E-state index is 11.4. The van der Waals surface area contributed by atoms with Crippen LogP contribution in [0.1, 0.15) is 41.4 Å². The molecule has 0 aliphatic heterocycles. The van der Waals surface area contributed by atoms with Gasteiger partial charge in [0.05, 0.1) is 18.8 Å². The van der Waals surface area contributed by atoms with Crippen molar-refractivity contribution in [3.8, 4) is 0 Å². The molecule has 0 spiro atoms. The van der Waals surface area contributed by atoms with E-state index >= 15 is 0 Å². The SMILES string of the molecule is CC(=O)/C=C/C(=O)O.COC(=O)c1ccc(C[C@H](C)NC[C@@H](O)c2ccccc2)cc1. The first-order chi connectivity index (χ1) is 14.7. The molecule has 2 rings (SSSR count). The lowest BCUT2D eigenvalue weighted by molar-refractivity contribution is -0.131. The fraction of sp³-hybridized carbons (Fsp3) is 0.292. The number of esters is 1. The quantitative estimate of drug-likeness (QED) is 0.416. The number of hydrogen-bond donors (Lipinski definition) is 3. The van der Waals surface area contributed by atoms with Crippen LogP contribution in [0.15, 0.2) is 66.7 Å². The monoisotopic (exact) mass is 427 g/mol. The fourth-order valence-corrected chi connectivity index (χ4v) is 2.61. The van der Waals surface area contributed by atoms with Crippen LogP contribution in [0.2, 0.25) is 0 Å². The summed E-state index contributed by atoms with van der Waals surface area (Å²) in [7, 11) is 1.38. The number of methoxy groups -OCH3 is 1. The Kier molecular flexibility index (Phi) is 11.5. The summed E-state index contributed by atoms with van der Waals surface area (Å²) in [6.07, 6.45) is 2.12. The Bertz CT molecular complexity index is 845. The van der Waals surface area contributed by atoms with Crippen molar-refractivity contribution in [1.29, 1.82) is 0 Å². The van der Waals surface area contributed by atoms with Crippen LogP contribution >= 0.6 is 0 Å². The Labute approximate surface area is 182 Å². The molecule has 0 amide bonds. The van der Waals surface area contributed by atoms with Crippen LogP contribution in [0.3, 0.4) is 0 Å². The summed E-state index contributed by atoms with van der Waals surface area (Å²) in [5.41, 5.74) is 2.60. The summed E-state index contributed by atoms with van der Waals surface area (Å²) in [6.45, 7) is 3.87.